The second-order valence-electron chi connectivity index (χ2n) is 6.23. The normalized spacial score (nSPS) is 23.2. The highest BCUT2D eigenvalue weighted by Gasteiger charge is 2.42. The van der Waals surface area contributed by atoms with Crippen molar-refractivity contribution in [2.45, 2.75) is 31.3 Å². The highest BCUT2D eigenvalue weighted by atomic mass is 32.2. The SMILES string of the molecule is O=C(c1ccc2[nH]c(=S)oc2c1)N(C1CC1)C1CCS(=O)(=O)C1. The number of fused-ring (bicyclic) bond motifs is 1. The summed E-state index contributed by atoms with van der Waals surface area (Å²) in [6.07, 6.45) is 2.41. The van der Waals surface area contributed by atoms with Gasteiger partial charge in [-0.15, -0.1) is 0 Å². The van der Waals surface area contributed by atoms with E-state index < -0.39 is 9.84 Å². The van der Waals surface area contributed by atoms with Gasteiger partial charge < -0.3 is 14.3 Å². The van der Waals surface area contributed by atoms with Crippen molar-refractivity contribution in [3.8, 4) is 0 Å². The topological polar surface area (TPSA) is 83.4 Å². The molecular formula is C15H16N2O4S2. The van der Waals surface area contributed by atoms with Crippen LogP contribution in [0.5, 0.6) is 0 Å². The first kappa shape index (κ1) is 14.9. The number of aromatic amines is 1. The lowest BCUT2D eigenvalue weighted by molar-refractivity contribution is 0.0681. The lowest BCUT2D eigenvalue weighted by atomic mass is 10.1. The van der Waals surface area contributed by atoms with Gasteiger partial charge in [-0.25, -0.2) is 8.42 Å². The number of hydrogen-bond donors (Lipinski definition) is 1. The van der Waals surface area contributed by atoms with Crippen molar-refractivity contribution in [2.75, 3.05) is 11.5 Å². The molecule has 0 radical (unpaired) electrons. The van der Waals surface area contributed by atoms with E-state index in [1.54, 1.807) is 23.1 Å². The Kier molecular flexibility index (Phi) is 3.35. The molecule has 1 unspecified atom stereocenters. The third-order valence-corrected chi connectivity index (χ3v) is 6.38. The van der Waals surface area contributed by atoms with Crippen molar-refractivity contribution >= 4 is 39.1 Å². The van der Waals surface area contributed by atoms with Crippen LogP contribution in [-0.2, 0) is 9.84 Å². The standard InChI is InChI=1S/C15H16N2O4S2/c18-14(9-1-4-12-13(7-9)21-15(22)16-12)17(10-2-3-10)11-5-6-23(19,20)8-11/h1,4,7,10-11H,2-3,5-6,8H2,(H,16,22). The summed E-state index contributed by atoms with van der Waals surface area (Å²) >= 11 is 4.95. The summed E-state index contributed by atoms with van der Waals surface area (Å²) < 4.78 is 28.9. The van der Waals surface area contributed by atoms with Gasteiger partial charge in [0.2, 0.25) is 0 Å². The molecule has 2 aromatic rings. The molecule has 2 aliphatic rings. The van der Waals surface area contributed by atoms with Crippen molar-refractivity contribution in [2.24, 2.45) is 0 Å². The van der Waals surface area contributed by atoms with E-state index >= 15 is 0 Å². The zero-order valence-electron chi connectivity index (χ0n) is 12.3. The predicted molar refractivity (Wildman–Crippen MR) is 87.6 cm³/mol. The lowest BCUT2D eigenvalue weighted by Gasteiger charge is -2.28. The summed E-state index contributed by atoms with van der Waals surface area (Å²) in [6.45, 7) is 0. The molecule has 1 aromatic heterocycles. The van der Waals surface area contributed by atoms with Crippen molar-refractivity contribution < 1.29 is 17.6 Å². The number of rotatable bonds is 3. The molecule has 1 atom stereocenters. The fourth-order valence-electron chi connectivity index (χ4n) is 3.20. The smallest absolute Gasteiger partial charge is 0.266 e. The number of H-pyrrole nitrogens is 1. The predicted octanol–water partition coefficient (Wildman–Crippen LogP) is 2.28. The Bertz CT molecular complexity index is 940. The summed E-state index contributed by atoms with van der Waals surface area (Å²) in [5.74, 6) is 0.112. The number of carbonyl (C=O) groups excluding carboxylic acids is 1. The minimum absolute atomic E-state index is 0.0717. The van der Waals surface area contributed by atoms with Crippen LogP contribution in [0.2, 0.25) is 0 Å². The van der Waals surface area contributed by atoms with Gasteiger partial charge in [0, 0.05) is 17.6 Å². The number of amides is 1. The van der Waals surface area contributed by atoms with Crippen molar-refractivity contribution in [3.63, 3.8) is 0 Å². The van der Waals surface area contributed by atoms with Crippen LogP contribution in [0.1, 0.15) is 29.6 Å². The number of nitrogens with one attached hydrogen (secondary N) is 1. The van der Waals surface area contributed by atoms with Gasteiger partial charge >= 0.3 is 0 Å². The van der Waals surface area contributed by atoms with Crippen LogP contribution in [0.4, 0.5) is 0 Å². The number of hydrogen-bond acceptors (Lipinski definition) is 5. The summed E-state index contributed by atoms with van der Waals surface area (Å²) in [4.78, 5) is 17.9. The van der Waals surface area contributed by atoms with Gasteiger partial charge in [0.15, 0.2) is 15.4 Å². The highest BCUT2D eigenvalue weighted by Crippen LogP contribution is 2.33. The fraction of sp³-hybridized carbons (Fsp3) is 0.467. The van der Waals surface area contributed by atoms with Gasteiger partial charge in [-0.1, -0.05) is 0 Å². The maximum absolute atomic E-state index is 12.9. The molecule has 1 saturated carbocycles. The molecule has 1 amide bonds. The van der Waals surface area contributed by atoms with Gasteiger partial charge in [-0.3, -0.25) is 4.79 Å². The monoisotopic (exact) mass is 352 g/mol. The molecule has 4 rings (SSSR count). The van der Waals surface area contributed by atoms with Crippen LogP contribution in [-0.4, -0.2) is 47.8 Å². The number of benzene rings is 1. The molecule has 2 fully saturated rings. The van der Waals surface area contributed by atoms with Crippen LogP contribution in [0.25, 0.3) is 11.1 Å². The van der Waals surface area contributed by atoms with E-state index in [0.717, 1.165) is 18.4 Å². The summed E-state index contributed by atoms with van der Waals surface area (Å²) in [5, 5.41) is 0. The van der Waals surface area contributed by atoms with Crippen molar-refractivity contribution in [1.82, 2.24) is 9.88 Å². The van der Waals surface area contributed by atoms with Gasteiger partial charge in [0.25, 0.3) is 10.7 Å². The van der Waals surface area contributed by atoms with E-state index in [2.05, 4.69) is 4.98 Å². The molecular weight excluding hydrogens is 336 g/mol. The minimum Gasteiger partial charge on any atom is -0.429 e. The van der Waals surface area contributed by atoms with Crippen LogP contribution in [0.15, 0.2) is 22.6 Å². The molecule has 1 saturated heterocycles. The minimum atomic E-state index is -3.02. The Labute approximate surface area is 138 Å². The van der Waals surface area contributed by atoms with Gasteiger partial charge in [0.05, 0.1) is 17.0 Å². The van der Waals surface area contributed by atoms with Crippen LogP contribution in [0.3, 0.4) is 0 Å². The van der Waals surface area contributed by atoms with Crippen LogP contribution >= 0.6 is 12.2 Å². The van der Waals surface area contributed by atoms with Gasteiger partial charge in [-0.2, -0.15) is 0 Å². The van der Waals surface area contributed by atoms with E-state index in [0.29, 0.717) is 17.6 Å². The lowest BCUT2D eigenvalue weighted by Crippen LogP contribution is -2.42. The molecule has 23 heavy (non-hydrogen) atoms. The van der Waals surface area contributed by atoms with E-state index in [4.69, 9.17) is 16.6 Å². The van der Waals surface area contributed by atoms with Crippen molar-refractivity contribution in [3.05, 3.63) is 28.6 Å². The number of sulfone groups is 1. The third kappa shape index (κ3) is 2.81. The first-order valence-corrected chi connectivity index (χ1v) is 9.82. The quantitative estimate of drug-likeness (QED) is 0.857. The Morgan fingerprint density at radius 2 is 2.04 bits per heavy atom. The average Bonchev–Trinajstić information content (AvgIpc) is 3.14. The largest absolute Gasteiger partial charge is 0.429 e. The second-order valence-corrected chi connectivity index (χ2v) is 8.83. The van der Waals surface area contributed by atoms with E-state index in [1.165, 1.54) is 0 Å². The highest BCUT2D eigenvalue weighted by molar-refractivity contribution is 7.91. The first-order chi connectivity index (χ1) is 10.9. The van der Waals surface area contributed by atoms with Crippen LogP contribution in [0, 0.1) is 4.84 Å². The first-order valence-electron chi connectivity index (χ1n) is 7.59. The second kappa shape index (κ2) is 5.17. The van der Waals surface area contributed by atoms with E-state index in [1.807, 2.05) is 0 Å². The number of carbonyl (C=O) groups is 1. The molecule has 0 bridgehead atoms. The fourth-order valence-corrected chi connectivity index (χ4v) is 5.12. The van der Waals surface area contributed by atoms with Gasteiger partial charge in [0.1, 0.15) is 0 Å². The molecule has 1 aliphatic heterocycles. The molecule has 122 valence electrons. The summed E-state index contributed by atoms with van der Waals surface area (Å²) in [6, 6.07) is 5.10. The molecule has 8 heteroatoms. The van der Waals surface area contributed by atoms with Crippen molar-refractivity contribution in [1.29, 1.82) is 0 Å². The molecule has 1 aliphatic carbocycles. The maximum atomic E-state index is 12.9. The summed E-state index contributed by atoms with van der Waals surface area (Å²) in [5.41, 5.74) is 1.79. The molecule has 1 aromatic carbocycles. The van der Waals surface area contributed by atoms with Gasteiger partial charge in [-0.05, 0) is 49.7 Å². The zero-order valence-corrected chi connectivity index (χ0v) is 14.0. The Morgan fingerprint density at radius 3 is 2.70 bits per heavy atom. The Morgan fingerprint density at radius 1 is 1.26 bits per heavy atom. The van der Waals surface area contributed by atoms with E-state index in [-0.39, 0.29) is 34.3 Å². The Hall–Kier alpha value is -1.67. The number of oxazole rings is 1. The van der Waals surface area contributed by atoms with Crippen LogP contribution < -0.4 is 0 Å². The Balaban J connectivity index is 1.67. The molecule has 2 heterocycles. The molecule has 0 spiro atoms. The number of nitrogens with zero attached hydrogens (tertiary/aromatic N) is 1. The maximum Gasteiger partial charge on any atom is 0.266 e. The average molecular weight is 352 g/mol. The zero-order chi connectivity index (χ0) is 16.2. The summed E-state index contributed by atoms with van der Waals surface area (Å²) in [7, 11) is -3.02. The third-order valence-electron chi connectivity index (χ3n) is 4.44. The molecule has 1 N–H and O–H groups in total. The number of aromatic nitrogens is 1. The van der Waals surface area contributed by atoms with E-state index in [9.17, 15) is 13.2 Å². The molecule has 6 nitrogen and oxygen atoms in total.